The Kier molecular flexibility index (Phi) is 5.35. The molecule has 0 saturated heterocycles. The SMILES string of the molecule is CC(C)(C)C(=O)Nc1cnc(Nc2ccc(Nc3ccccc3)cc2)nc1. The summed E-state index contributed by atoms with van der Waals surface area (Å²) in [5.41, 5.74) is 3.01. The van der Waals surface area contributed by atoms with E-state index in [-0.39, 0.29) is 5.91 Å². The van der Waals surface area contributed by atoms with Gasteiger partial charge in [0, 0.05) is 22.5 Å². The number of nitrogens with one attached hydrogen (secondary N) is 3. The average Bonchev–Trinajstić information content (AvgIpc) is 2.65. The van der Waals surface area contributed by atoms with E-state index in [9.17, 15) is 4.79 Å². The van der Waals surface area contributed by atoms with Crippen molar-refractivity contribution in [3.05, 3.63) is 67.0 Å². The van der Waals surface area contributed by atoms with Crippen LogP contribution in [0.25, 0.3) is 0 Å². The molecule has 1 amide bonds. The highest BCUT2D eigenvalue weighted by Gasteiger charge is 2.21. The summed E-state index contributed by atoms with van der Waals surface area (Å²) in [5.74, 6) is 0.390. The molecule has 1 heterocycles. The van der Waals surface area contributed by atoms with Gasteiger partial charge in [-0.25, -0.2) is 9.97 Å². The van der Waals surface area contributed by atoms with E-state index in [1.807, 2.05) is 75.4 Å². The molecule has 1 aromatic heterocycles. The molecule has 0 aliphatic heterocycles. The summed E-state index contributed by atoms with van der Waals surface area (Å²) in [6, 6.07) is 17.8. The molecule has 3 aromatic rings. The van der Waals surface area contributed by atoms with Gasteiger partial charge in [0.05, 0.1) is 18.1 Å². The van der Waals surface area contributed by atoms with Gasteiger partial charge in [0.25, 0.3) is 0 Å². The first-order chi connectivity index (χ1) is 12.9. The summed E-state index contributed by atoms with van der Waals surface area (Å²) in [6.45, 7) is 5.57. The van der Waals surface area contributed by atoms with Gasteiger partial charge in [0.1, 0.15) is 0 Å². The molecule has 0 aliphatic rings. The summed E-state index contributed by atoms with van der Waals surface area (Å²) >= 11 is 0. The Hall–Kier alpha value is -3.41. The zero-order chi connectivity index (χ0) is 19.3. The number of anilines is 5. The van der Waals surface area contributed by atoms with Gasteiger partial charge in [-0.3, -0.25) is 4.79 Å². The van der Waals surface area contributed by atoms with Crippen molar-refractivity contribution >= 4 is 34.6 Å². The Balaban J connectivity index is 1.59. The van der Waals surface area contributed by atoms with Crippen LogP contribution in [-0.2, 0) is 4.79 Å². The lowest BCUT2D eigenvalue weighted by atomic mass is 9.96. The summed E-state index contributed by atoms with van der Waals surface area (Å²) in [5, 5.41) is 9.28. The largest absolute Gasteiger partial charge is 0.356 e. The molecule has 6 nitrogen and oxygen atoms in total. The second-order valence-electron chi connectivity index (χ2n) is 7.19. The number of rotatable bonds is 5. The first-order valence-corrected chi connectivity index (χ1v) is 8.73. The lowest BCUT2D eigenvalue weighted by Gasteiger charge is -2.17. The van der Waals surface area contributed by atoms with Crippen molar-refractivity contribution in [3.8, 4) is 0 Å². The minimum Gasteiger partial charge on any atom is -0.356 e. The maximum atomic E-state index is 12.0. The number of aromatic nitrogens is 2. The molecular weight excluding hydrogens is 338 g/mol. The smallest absolute Gasteiger partial charge is 0.229 e. The van der Waals surface area contributed by atoms with Crippen LogP contribution in [0.1, 0.15) is 20.8 Å². The molecule has 27 heavy (non-hydrogen) atoms. The number of benzene rings is 2. The fourth-order valence-electron chi connectivity index (χ4n) is 2.23. The topological polar surface area (TPSA) is 78.9 Å². The third-order valence-corrected chi connectivity index (χ3v) is 3.79. The number of hydrogen-bond acceptors (Lipinski definition) is 5. The zero-order valence-corrected chi connectivity index (χ0v) is 15.7. The average molecular weight is 361 g/mol. The molecule has 0 fully saturated rings. The standard InChI is InChI=1S/C21H23N5O/c1-21(2,3)19(27)25-18-13-22-20(23-14-18)26-17-11-9-16(10-12-17)24-15-7-5-4-6-8-15/h4-14,24H,1-3H3,(H,25,27)(H,22,23,26). The van der Waals surface area contributed by atoms with E-state index in [4.69, 9.17) is 0 Å². The Bertz CT molecular complexity index is 885. The highest BCUT2D eigenvalue weighted by Crippen LogP contribution is 2.21. The lowest BCUT2D eigenvalue weighted by Crippen LogP contribution is -2.27. The monoisotopic (exact) mass is 361 g/mol. The van der Waals surface area contributed by atoms with Crippen LogP contribution in [0.4, 0.5) is 28.7 Å². The summed E-state index contributed by atoms with van der Waals surface area (Å²) in [4.78, 5) is 20.5. The van der Waals surface area contributed by atoms with Crippen molar-refractivity contribution in [1.82, 2.24) is 9.97 Å². The minimum absolute atomic E-state index is 0.0756. The van der Waals surface area contributed by atoms with Crippen LogP contribution in [0.15, 0.2) is 67.0 Å². The van der Waals surface area contributed by atoms with Gasteiger partial charge in [-0.05, 0) is 36.4 Å². The molecule has 0 unspecified atom stereocenters. The van der Waals surface area contributed by atoms with Crippen LogP contribution in [0.3, 0.4) is 0 Å². The molecular formula is C21H23N5O. The Morgan fingerprint density at radius 2 is 1.26 bits per heavy atom. The molecule has 3 N–H and O–H groups in total. The molecule has 0 saturated carbocycles. The highest BCUT2D eigenvalue weighted by atomic mass is 16.2. The van der Waals surface area contributed by atoms with Crippen molar-refractivity contribution in [2.24, 2.45) is 5.41 Å². The molecule has 0 spiro atoms. The van der Waals surface area contributed by atoms with E-state index in [0.29, 0.717) is 11.6 Å². The molecule has 0 radical (unpaired) electrons. The van der Waals surface area contributed by atoms with Gasteiger partial charge < -0.3 is 16.0 Å². The van der Waals surface area contributed by atoms with Crippen molar-refractivity contribution < 1.29 is 4.79 Å². The third-order valence-electron chi connectivity index (χ3n) is 3.79. The number of hydrogen-bond donors (Lipinski definition) is 3. The first-order valence-electron chi connectivity index (χ1n) is 8.73. The number of nitrogens with zero attached hydrogens (tertiary/aromatic N) is 2. The van der Waals surface area contributed by atoms with E-state index in [0.717, 1.165) is 17.1 Å². The molecule has 6 heteroatoms. The van der Waals surface area contributed by atoms with Crippen LogP contribution < -0.4 is 16.0 Å². The van der Waals surface area contributed by atoms with E-state index in [2.05, 4.69) is 25.9 Å². The Labute approximate surface area is 159 Å². The van der Waals surface area contributed by atoms with Gasteiger partial charge in [-0.1, -0.05) is 39.0 Å². The maximum Gasteiger partial charge on any atom is 0.229 e. The van der Waals surface area contributed by atoms with E-state index in [1.165, 1.54) is 0 Å². The molecule has 2 aromatic carbocycles. The van der Waals surface area contributed by atoms with Crippen molar-refractivity contribution in [3.63, 3.8) is 0 Å². The molecule has 0 bridgehead atoms. The summed E-state index contributed by atoms with van der Waals surface area (Å²) in [7, 11) is 0. The molecule has 0 aliphatic carbocycles. The fraction of sp³-hybridized carbons (Fsp3) is 0.190. The zero-order valence-electron chi connectivity index (χ0n) is 15.7. The second-order valence-corrected chi connectivity index (χ2v) is 7.19. The quantitative estimate of drug-likeness (QED) is 0.599. The predicted octanol–water partition coefficient (Wildman–Crippen LogP) is 4.95. The van der Waals surface area contributed by atoms with E-state index >= 15 is 0 Å². The first kappa shape index (κ1) is 18.4. The van der Waals surface area contributed by atoms with Gasteiger partial charge in [-0.15, -0.1) is 0 Å². The van der Waals surface area contributed by atoms with Crippen LogP contribution in [-0.4, -0.2) is 15.9 Å². The van der Waals surface area contributed by atoms with Crippen LogP contribution in [0.5, 0.6) is 0 Å². The van der Waals surface area contributed by atoms with Gasteiger partial charge >= 0.3 is 0 Å². The fourth-order valence-corrected chi connectivity index (χ4v) is 2.23. The molecule has 3 rings (SSSR count). The lowest BCUT2D eigenvalue weighted by molar-refractivity contribution is -0.123. The highest BCUT2D eigenvalue weighted by molar-refractivity contribution is 5.94. The number of para-hydroxylation sites is 1. The second kappa shape index (κ2) is 7.86. The van der Waals surface area contributed by atoms with Crippen molar-refractivity contribution in [2.75, 3.05) is 16.0 Å². The Morgan fingerprint density at radius 3 is 1.81 bits per heavy atom. The van der Waals surface area contributed by atoms with Crippen LogP contribution >= 0.6 is 0 Å². The van der Waals surface area contributed by atoms with Gasteiger partial charge in [-0.2, -0.15) is 0 Å². The number of amides is 1. The van der Waals surface area contributed by atoms with Crippen molar-refractivity contribution in [1.29, 1.82) is 0 Å². The number of carbonyl (C=O) groups excluding carboxylic acids is 1. The predicted molar refractivity (Wildman–Crippen MR) is 110 cm³/mol. The van der Waals surface area contributed by atoms with Crippen LogP contribution in [0, 0.1) is 5.41 Å². The van der Waals surface area contributed by atoms with Crippen molar-refractivity contribution in [2.45, 2.75) is 20.8 Å². The minimum atomic E-state index is -0.466. The molecule has 138 valence electrons. The maximum absolute atomic E-state index is 12.0. The summed E-state index contributed by atoms with van der Waals surface area (Å²) < 4.78 is 0. The van der Waals surface area contributed by atoms with E-state index < -0.39 is 5.41 Å². The normalized spacial score (nSPS) is 10.9. The van der Waals surface area contributed by atoms with E-state index in [1.54, 1.807) is 12.4 Å². The molecule has 0 atom stereocenters. The number of carbonyl (C=O) groups is 1. The Morgan fingerprint density at radius 1 is 0.741 bits per heavy atom. The van der Waals surface area contributed by atoms with Gasteiger partial charge in [0.15, 0.2) is 0 Å². The summed E-state index contributed by atoms with van der Waals surface area (Å²) in [6.07, 6.45) is 3.18. The van der Waals surface area contributed by atoms with Crippen LogP contribution in [0.2, 0.25) is 0 Å². The van der Waals surface area contributed by atoms with Gasteiger partial charge in [0.2, 0.25) is 11.9 Å². The third kappa shape index (κ3) is 5.28.